The van der Waals surface area contributed by atoms with E-state index in [0.29, 0.717) is 11.4 Å². The van der Waals surface area contributed by atoms with Crippen molar-refractivity contribution in [1.82, 2.24) is 10.2 Å². The molecule has 1 atom stereocenters. The Morgan fingerprint density at radius 3 is 2.57 bits per heavy atom. The van der Waals surface area contributed by atoms with E-state index in [1.807, 2.05) is 0 Å². The maximum atomic E-state index is 12.7. The highest BCUT2D eigenvalue weighted by atomic mass is 16.5. The van der Waals surface area contributed by atoms with E-state index in [1.165, 1.54) is 13.2 Å². The van der Waals surface area contributed by atoms with Gasteiger partial charge in [0.1, 0.15) is 11.8 Å². The van der Waals surface area contributed by atoms with Crippen LogP contribution in [0.5, 0.6) is 5.75 Å². The van der Waals surface area contributed by atoms with Crippen molar-refractivity contribution in [3.63, 3.8) is 0 Å². The van der Waals surface area contributed by atoms with Crippen LogP contribution in [-0.4, -0.2) is 48.7 Å². The number of imide groups is 2. The number of benzene rings is 1. The molecule has 2 aliphatic rings. The fourth-order valence-electron chi connectivity index (χ4n) is 2.96. The Labute approximate surface area is 131 Å². The number of anilines is 1. The first kappa shape index (κ1) is 15.0. The zero-order valence-electron chi connectivity index (χ0n) is 12.6. The summed E-state index contributed by atoms with van der Waals surface area (Å²) < 4.78 is 5.19. The monoisotopic (exact) mass is 317 g/mol. The van der Waals surface area contributed by atoms with Crippen molar-refractivity contribution in [3.05, 3.63) is 23.3 Å². The van der Waals surface area contributed by atoms with Gasteiger partial charge in [-0.15, -0.1) is 0 Å². The maximum absolute atomic E-state index is 12.7. The molecule has 0 aliphatic carbocycles. The highest BCUT2D eigenvalue weighted by Gasteiger charge is 2.46. The third kappa shape index (κ3) is 2.14. The molecule has 2 N–H and O–H groups in total. The van der Waals surface area contributed by atoms with Crippen LogP contribution < -0.4 is 15.4 Å². The van der Waals surface area contributed by atoms with Crippen molar-refractivity contribution in [2.75, 3.05) is 19.5 Å². The minimum atomic E-state index is -0.976. The minimum Gasteiger partial charge on any atom is -0.495 e. The third-order valence-corrected chi connectivity index (χ3v) is 4.04. The van der Waals surface area contributed by atoms with Gasteiger partial charge in [-0.3, -0.25) is 29.4 Å². The highest BCUT2D eigenvalue weighted by molar-refractivity contribution is 6.26. The lowest BCUT2D eigenvalue weighted by Crippen LogP contribution is -2.54. The topological polar surface area (TPSA) is 105 Å². The SMILES string of the molecule is CNc1c(OC)ccc2c1C(=O)N(C1CCC(=O)NC1=O)C2=O. The van der Waals surface area contributed by atoms with Crippen molar-refractivity contribution in [2.45, 2.75) is 18.9 Å². The molecule has 1 fully saturated rings. The van der Waals surface area contributed by atoms with E-state index in [9.17, 15) is 19.2 Å². The lowest BCUT2D eigenvalue weighted by atomic mass is 10.0. The highest BCUT2D eigenvalue weighted by Crippen LogP contribution is 2.37. The van der Waals surface area contributed by atoms with Gasteiger partial charge in [-0.25, -0.2) is 0 Å². The molecule has 1 unspecified atom stereocenters. The Hall–Kier alpha value is -2.90. The van der Waals surface area contributed by atoms with Crippen molar-refractivity contribution in [2.24, 2.45) is 0 Å². The third-order valence-electron chi connectivity index (χ3n) is 4.04. The van der Waals surface area contributed by atoms with E-state index in [2.05, 4.69) is 10.6 Å². The van der Waals surface area contributed by atoms with Gasteiger partial charge in [0.2, 0.25) is 11.8 Å². The summed E-state index contributed by atoms with van der Waals surface area (Å²) in [4.78, 5) is 49.5. The van der Waals surface area contributed by atoms with Gasteiger partial charge < -0.3 is 10.1 Å². The Bertz CT molecular complexity index is 743. The average Bonchev–Trinajstić information content (AvgIpc) is 2.78. The summed E-state index contributed by atoms with van der Waals surface area (Å²) in [5.41, 5.74) is 0.796. The fourth-order valence-corrected chi connectivity index (χ4v) is 2.96. The fraction of sp³-hybridized carbons (Fsp3) is 0.333. The number of hydrogen-bond acceptors (Lipinski definition) is 6. The van der Waals surface area contributed by atoms with Crippen LogP contribution in [0.2, 0.25) is 0 Å². The van der Waals surface area contributed by atoms with Crippen molar-refractivity contribution < 1.29 is 23.9 Å². The predicted octanol–water partition coefficient (Wildman–Crippen LogP) is 0.138. The molecule has 0 bridgehead atoms. The molecule has 1 saturated heterocycles. The lowest BCUT2D eigenvalue weighted by molar-refractivity contribution is -0.136. The molecule has 0 aromatic heterocycles. The second-order valence-electron chi connectivity index (χ2n) is 5.26. The maximum Gasteiger partial charge on any atom is 0.264 e. The summed E-state index contributed by atoms with van der Waals surface area (Å²) >= 11 is 0. The molecule has 4 amide bonds. The van der Waals surface area contributed by atoms with Crippen LogP contribution in [0.1, 0.15) is 33.6 Å². The van der Waals surface area contributed by atoms with Gasteiger partial charge in [0, 0.05) is 13.5 Å². The number of amides is 4. The summed E-state index contributed by atoms with van der Waals surface area (Å²) in [6, 6.07) is 2.11. The largest absolute Gasteiger partial charge is 0.495 e. The van der Waals surface area contributed by atoms with Gasteiger partial charge in [-0.1, -0.05) is 0 Å². The zero-order valence-corrected chi connectivity index (χ0v) is 12.6. The molecule has 0 radical (unpaired) electrons. The van der Waals surface area contributed by atoms with E-state index < -0.39 is 29.7 Å². The molecule has 8 heteroatoms. The molecule has 0 spiro atoms. The van der Waals surface area contributed by atoms with Gasteiger partial charge in [0.25, 0.3) is 11.8 Å². The van der Waals surface area contributed by atoms with Crippen LogP contribution in [-0.2, 0) is 9.59 Å². The Balaban J connectivity index is 2.04. The number of nitrogens with one attached hydrogen (secondary N) is 2. The lowest BCUT2D eigenvalue weighted by Gasteiger charge is -2.27. The van der Waals surface area contributed by atoms with Crippen molar-refractivity contribution in [3.8, 4) is 5.75 Å². The molecule has 2 aliphatic heterocycles. The van der Waals surface area contributed by atoms with E-state index in [4.69, 9.17) is 4.74 Å². The molecule has 8 nitrogen and oxygen atoms in total. The minimum absolute atomic E-state index is 0.0893. The number of nitrogens with zero attached hydrogens (tertiary/aromatic N) is 1. The summed E-state index contributed by atoms with van der Waals surface area (Å²) in [6.07, 6.45) is 0.216. The van der Waals surface area contributed by atoms with Crippen molar-refractivity contribution >= 4 is 29.3 Å². The van der Waals surface area contributed by atoms with Crippen LogP contribution in [0.3, 0.4) is 0 Å². The Kier molecular flexibility index (Phi) is 3.51. The average molecular weight is 317 g/mol. The van der Waals surface area contributed by atoms with E-state index in [1.54, 1.807) is 13.1 Å². The van der Waals surface area contributed by atoms with Gasteiger partial charge in [0.05, 0.1) is 23.9 Å². The first-order chi connectivity index (χ1) is 11.0. The van der Waals surface area contributed by atoms with E-state index >= 15 is 0 Å². The molecule has 1 aromatic carbocycles. The number of hydrogen-bond donors (Lipinski definition) is 2. The Morgan fingerprint density at radius 1 is 1.22 bits per heavy atom. The summed E-state index contributed by atoms with van der Waals surface area (Å²) in [7, 11) is 3.08. The van der Waals surface area contributed by atoms with Gasteiger partial charge in [-0.05, 0) is 18.6 Å². The first-order valence-corrected chi connectivity index (χ1v) is 7.10. The van der Waals surface area contributed by atoms with E-state index in [-0.39, 0.29) is 24.0 Å². The van der Waals surface area contributed by atoms with Crippen molar-refractivity contribution in [1.29, 1.82) is 0 Å². The molecular weight excluding hydrogens is 302 g/mol. The zero-order chi connectivity index (χ0) is 16.7. The molecule has 1 aromatic rings. The quantitative estimate of drug-likeness (QED) is 0.768. The summed E-state index contributed by atoms with van der Waals surface area (Å²) in [5.74, 6) is -1.71. The molecular formula is C15H15N3O5. The number of methoxy groups -OCH3 is 1. The van der Waals surface area contributed by atoms with Gasteiger partial charge in [0.15, 0.2) is 0 Å². The normalized spacial score (nSPS) is 20.4. The number of piperidine rings is 1. The van der Waals surface area contributed by atoms with Crippen LogP contribution >= 0.6 is 0 Å². The van der Waals surface area contributed by atoms with Crippen LogP contribution in [0.4, 0.5) is 5.69 Å². The first-order valence-electron chi connectivity index (χ1n) is 7.10. The number of rotatable bonds is 3. The smallest absolute Gasteiger partial charge is 0.264 e. The molecule has 3 rings (SSSR count). The van der Waals surface area contributed by atoms with Gasteiger partial charge in [-0.2, -0.15) is 0 Å². The van der Waals surface area contributed by atoms with Crippen LogP contribution in [0.25, 0.3) is 0 Å². The summed E-state index contributed by atoms with van der Waals surface area (Å²) in [6.45, 7) is 0. The second kappa shape index (κ2) is 5.38. The molecule has 2 heterocycles. The number of carbonyl (C=O) groups excluding carboxylic acids is 4. The standard InChI is InChI=1S/C15H15N3O5/c1-16-12-9(23-2)5-3-7-11(12)15(22)18(14(7)21)8-4-6-10(19)17-13(8)20/h3,5,8,16H,4,6H2,1-2H3,(H,17,19,20). The molecule has 23 heavy (non-hydrogen) atoms. The van der Waals surface area contributed by atoms with Crippen LogP contribution in [0.15, 0.2) is 12.1 Å². The molecule has 120 valence electrons. The number of carbonyl (C=O) groups is 4. The number of ether oxygens (including phenoxy) is 1. The van der Waals surface area contributed by atoms with Gasteiger partial charge >= 0.3 is 0 Å². The molecule has 0 saturated carbocycles. The van der Waals surface area contributed by atoms with E-state index in [0.717, 1.165) is 4.90 Å². The number of fused-ring (bicyclic) bond motifs is 1. The predicted molar refractivity (Wildman–Crippen MR) is 79.2 cm³/mol. The Morgan fingerprint density at radius 2 is 1.96 bits per heavy atom. The van der Waals surface area contributed by atoms with Crippen LogP contribution in [0, 0.1) is 0 Å². The summed E-state index contributed by atoms with van der Waals surface area (Å²) in [5, 5.41) is 5.02. The second-order valence-corrected chi connectivity index (χ2v) is 5.26.